The number of nitro groups is 1. The quantitative estimate of drug-likeness (QED) is 0.420. The van der Waals surface area contributed by atoms with Crippen LogP contribution in [-0.4, -0.2) is 36.4 Å². The zero-order valence-corrected chi connectivity index (χ0v) is 17.0. The van der Waals surface area contributed by atoms with Crippen LogP contribution < -0.4 is 10.6 Å². The summed E-state index contributed by atoms with van der Waals surface area (Å²) in [6, 6.07) is 21.2. The highest BCUT2D eigenvalue weighted by atomic mass is 16.6. The minimum absolute atomic E-state index is 0.162. The van der Waals surface area contributed by atoms with Crippen molar-refractivity contribution in [3.63, 3.8) is 0 Å². The number of nitrogens with one attached hydrogen (secondary N) is 2. The van der Waals surface area contributed by atoms with Gasteiger partial charge in [-0.15, -0.1) is 0 Å². The maximum atomic E-state index is 12.6. The fourth-order valence-electron chi connectivity index (χ4n) is 2.92. The van der Waals surface area contributed by atoms with Gasteiger partial charge in [-0.1, -0.05) is 30.3 Å². The Bertz CT molecular complexity index is 1020. The Morgan fingerprint density at radius 1 is 0.967 bits per heavy atom. The van der Waals surface area contributed by atoms with Crippen LogP contribution in [0.2, 0.25) is 0 Å². The minimum atomic E-state index is -0.498. The minimum Gasteiger partial charge on any atom is -0.350 e. The molecule has 2 N–H and O–H groups in total. The second-order valence-electron chi connectivity index (χ2n) is 7.18. The van der Waals surface area contributed by atoms with Crippen LogP contribution in [0.15, 0.2) is 72.8 Å². The monoisotopic (exact) mass is 404 g/mol. The number of anilines is 3. The van der Waals surface area contributed by atoms with Gasteiger partial charge in [-0.2, -0.15) is 0 Å². The first-order valence-corrected chi connectivity index (χ1v) is 9.58. The molecule has 3 aromatic rings. The molecule has 0 fully saturated rings. The van der Waals surface area contributed by atoms with E-state index in [0.717, 1.165) is 18.7 Å². The molecule has 7 heteroatoms. The lowest BCUT2D eigenvalue weighted by Crippen LogP contribution is -2.15. The van der Waals surface area contributed by atoms with E-state index in [-0.39, 0.29) is 11.3 Å². The molecule has 0 unspecified atom stereocenters. The standard InChI is InChI=1S/C23H24N4O3/c1-26(2)15-14-17-8-11-20(12-9-17)25-23(28)18-10-13-21(22(16-18)27(29)30)24-19-6-4-3-5-7-19/h3-13,16,24H,14-15H2,1-2H3,(H,25,28). The van der Waals surface area contributed by atoms with Gasteiger partial charge in [0, 0.05) is 29.5 Å². The van der Waals surface area contributed by atoms with Crippen LogP contribution in [0, 0.1) is 10.1 Å². The van der Waals surface area contributed by atoms with E-state index < -0.39 is 10.8 Å². The van der Waals surface area contributed by atoms with Gasteiger partial charge in [-0.25, -0.2) is 0 Å². The average Bonchev–Trinajstić information content (AvgIpc) is 2.74. The highest BCUT2D eigenvalue weighted by Gasteiger charge is 2.18. The molecule has 0 aliphatic rings. The zero-order chi connectivity index (χ0) is 21.5. The summed E-state index contributed by atoms with van der Waals surface area (Å²) in [6.45, 7) is 0.943. The highest BCUT2D eigenvalue weighted by molar-refractivity contribution is 6.05. The van der Waals surface area contributed by atoms with Gasteiger partial charge in [0.05, 0.1) is 4.92 Å². The van der Waals surface area contributed by atoms with E-state index in [9.17, 15) is 14.9 Å². The lowest BCUT2D eigenvalue weighted by molar-refractivity contribution is -0.383. The number of amides is 1. The number of para-hydroxylation sites is 1. The van der Waals surface area contributed by atoms with E-state index in [1.807, 2.05) is 68.7 Å². The van der Waals surface area contributed by atoms with E-state index in [4.69, 9.17) is 0 Å². The maximum absolute atomic E-state index is 12.6. The van der Waals surface area contributed by atoms with Crippen molar-refractivity contribution in [2.45, 2.75) is 6.42 Å². The van der Waals surface area contributed by atoms with Crippen molar-refractivity contribution in [3.8, 4) is 0 Å². The van der Waals surface area contributed by atoms with Crippen LogP contribution in [0.1, 0.15) is 15.9 Å². The number of carbonyl (C=O) groups is 1. The van der Waals surface area contributed by atoms with Crippen LogP contribution >= 0.6 is 0 Å². The largest absolute Gasteiger partial charge is 0.350 e. The molecule has 3 aromatic carbocycles. The van der Waals surface area contributed by atoms with Crippen molar-refractivity contribution in [3.05, 3.63) is 94.0 Å². The topological polar surface area (TPSA) is 87.5 Å². The Kier molecular flexibility index (Phi) is 6.77. The third kappa shape index (κ3) is 5.65. The summed E-state index contributed by atoms with van der Waals surface area (Å²) >= 11 is 0. The molecule has 0 saturated heterocycles. The molecule has 7 nitrogen and oxygen atoms in total. The number of likely N-dealkylation sites (N-methyl/N-ethyl adjacent to an activating group) is 1. The molecule has 0 atom stereocenters. The lowest BCUT2D eigenvalue weighted by Gasteiger charge is -2.11. The third-order valence-corrected chi connectivity index (χ3v) is 4.57. The third-order valence-electron chi connectivity index (χ3n) is 4.57. The second kappa shape index (κ2) is 9.67. The molecular formula is C23H24N4O3. The Morgan fingerprint density at radius 3 is 2.30 bits per heavy atom. The molecule has 0 heterocycles. The van der Waals surface area contributed by atoms with Crippen LogP contribution in [0.3, 0.4) is 0 Å². The normalized spacial score (nSPS) is 10.6. The van der Waals surface area contributed by atoms with Crippen molar-refractivity contribution in [2.24, 2.45) is 0 Å². The summed E-state index contributed by atoms with van der Waals surface area (Å²) in [5.41, 5.74) is 2.93. The van der Waals surface area contributed by atoms with Gasteiger partial charge in [-0.05, 0) is 62.5 Å². The van der Waals surface area contributed by atoms with E-state index >= 15 is 0 Å². The fraction of sp³-hybridized carbons (Fsp3) is 0.174. The first-order valence-electron chi connectivity index (χ1n) is 9.58. The van der Waals surface area contributed by atoms with E-state index in [2.05, 4.69) is 15.5 Å². The van der Waals surface area contributed by atoms with Gasteiger partial charge in [0.15, 0.2) is 0 Å². The predicted molar refractivity (Wildman–Crippen MR) is 119 cm³/mol. The Labute approximate surface area is 175 Å². The van der Waals surface area contributed by atoms with Crippen LogP contribution in [0.25, 0.3) is 0 Å². The number of carbonyl (C=O) groups excluding carboxylic acids is 1. The van der Waals surface area contributed by atoms with Crippen LogP contribution in [0.4, 0.5) is 22.7 Å². The van der Waals surface area contributed by atoms with Crippen molar-refractivity contribution < 1.29 is 9.72 Å². The lowest BCUT2D eigenvalue weighted by atomic mass is 10.1. The van der Waals surface area contributed by atoms with Gasteiger partial charge >= 0.3 is 0 Å². The molecule has 3 rings (SSSR count). The van der Waals surface area contributed by atoms with Crippen LogP contribution in [-0.2, 0) is 6.42 Å². The van der Waals surface area contributed by atoms with Gasteiger partial charge in [0.25, 0.3) is 11.6 Å². The molecule has 154 valence electrons. The van der Waals surface area contributed by atoms with Gasteiger partial charge in [-0.3, -0.25) is 14.9 Å². The molecular weight excluding hydrogens is 380 g/mol. The Morgan fingerprint density at radius 2 is 1.67 bits per heavy atom. The molecule has 0 radical (unpaired) electrons. The number of benzene rings is 3. The van der Waals surface area contributed by atoms with Crippen molar-refractivity contribution in [1.82, 2.24) is 4.90 Å². The summed E-state index contributed by atoms with van der Waals surface area (Å²) in [7, 11) is 4.04. The molecule has 0 aliphatic carbocycles. The maximum Gasteiger partial charge on any atom is 0.293 e. The molecule has 30 heavy (non-hydrogen) atoms. The Balaban J connectivity index is 1.72. The van der Waals surface area contributed by atoms with Gasteiger partial charge in [0.1, 0.15) is 5.69 Å². The molecule has 1 amide bonds. The summed E-state index contributed by atoms with van der Waals surface area (Å²) in [4.78, 5) is 25.7. The predicted octanol–water partition coefficient (Wildman–Crippen LogP) is 4.69. The molecule has 0 bridgehead atoms. The number of nitro benzene ring substituents is 1. The number of rotatable bonds is 8. The smallest absolute Gasteiger partial charge is 0.293 e. The second-order valence-corrected chi connectivity index (χ2v) is 7.18. The zero-order valence-electron chi connectivity index (χ0n) is 17.0. The summed E-state index contributed by atoms with van der Waals surface area (Å²) < 4.78 is 0. The molecule has 0 aromatic heterocycles. The molecule has 0 spiro atoms. The highest BCUT2D eigenvalue weighted by Crippen LogP contribution is 2.29. The SMILES string of the molecule is CN(C)CCc1ccc(NC(=O)c2ccc(Nc3ccccc3)c([N+](=O)[O-])c2)cc1. The van der Waals surface area contributed by atoms with E-state index in [1.54, 1.807) is 12.1 Å². The van der Waals surface area contributed by atoms with Gasteiger partial charge in [0.2, 0.25) is 0 Å². The number of nitrogens with zero attached hydrogens (tertiary/aromatic N) is 2. The molecule has 0 aliphatic heterocycles. The number of hydrogen-bond acceptors (Lipinski definition) is 5. The van der Waals surface area contributed by atoms with Crippen molar-refractivity contribution in [2.75, 3.05) is 31.3 Å². The first kappa shape index (κ1) is 21.0. The molecule has 0 saturated carbocycles. The Hall–Kier alpha value is -3.71. The van der Waals surface area contributed by atoms with E-state index in [0.29, 0.717) is 11.4 Å². The summed E-state index contributed by atoms with van der Waals surface area (Å²) in [5, 5.41) is 17.3. The number of hydrogen-bond donors (Lipinski definition) is 2. The fourth-order valence-corrected chi connectivity index (χ4v) is 2.92. The van der Waals surface area contributed by atoms with E-state index in [1.165, 1.54) is 11.6 Å². The summed E-state index contributed by atoms with van der Waals surface area (Å²) in [6.07, 6.45) is 0.920. The average molecular weight is 404 g/mol. The van der Waals surface area contributed by atoms with Crippen molar-refractivity contribution in [1.29, 1.82) is 0 Å². The first-order chi connectivity index (χ1) is 14.4. The van der Waals surface area contributed by atoms with Crippen LogP contribution in [0.5, 0.6) is 0 Å². The van der Waals surface area contributed by atoms with Gasteiger partial charge < -0.3 is 15.5 Å². The summed E-state index contributed by atoms with van der Waals surface area (Å²) in [5.74, 6) is -0.398. The van der Waals surface area contributed by atoms with Crippen molar-refractivity contribution >= 4 is 28.7 Å².